The Hall–Kier alpha value is -1.28. The van der Waals surface area contributed by atoms with Crippen LogP contribution >= 0.6 is 45.7 Å². The number of hydrogen-bond acceptors (Lipinski definition) is 8. The van der Waals surface area contributed by atoms with E-state index in [9.17, 15) is 13.2 Å². The molecule has 0 amide bonds. The summed E-state index contributed by atoms with van der Waals surface area (Å²) in [5.41, 5.74) is -0.393. The first-order valence-corrected chi connectivity index (χ1v) is 13.4. The Morgan fingerprint density at radius 3 is 1.79 bits per heavy atom. The monoisotopic (exact) mass is 685 g/mol. The van der Waals surface area contributed by atoms with Gasteiger partial charge in [-0.15, -0.1) is 45.7 Å². The van der Waals surface area contributed by atoms with E-state index in [1.165, 1.54) is 17.8 Å². The molecule has 0 N–H and O–H groups in total. The van der Waals surface area contributed by atoms with E-state index in [0.29, 0.717) is 22.3 Å². The normalized spacial score (nSPS) is 17.9. The smallest absolute Gasteiger partial charge is 0.416 e. The number of piperidine rings is 2. The maximum absolute atomic E-state index is 13.3. The van der Waals surface area contributed by atoms with Gasteiger partial charge in [0.25, 0.3) is 0 Å². The van der Waals surface area contributed by atoms with Crippen molar-refractivity contribution in [1.29, 1.82) is 0 Å². The topological polar surface area (TPSA) is 54.0 Å². The number of likely N-dealkylation sites (tertiary alicyclic amines) is 2. The number of halogens is 5. The van der Waals surface area contributed by atoms with Crippen molar-refractivity contribution < 1.29 is 22.6 Å². The second-order valence-electron chi connectivity index (χ2n) is 9.52. The minimum absolute atomic E-state index is 0. The average molecular weight is 687 g/mol. The molecule has 214 valence electrons. The van der Waals surface area contributed by atoms with Crippen LogP contribution in [0.4, 0.5) is 24.8 Å². The molecule has 1 aromatic carbocycles. The SMILES string of the molecule is Br.Br.CSc1c(OC2CCN(C)CC2)nc(N(C)c2cccc(C(F)(F)F)c2)nc1OC1CCN(C)CC1. The van der Waals surface area contributed by atoms with Crippen LogP contribution in [-0.4, -0.2) is 85.6 Å². The van der Waals surface area contributed by atoms with E-state index in [1.807, 2.05) is 6.26 Å². The standard InChI is InChI=1S/C25H34F3N5O2S.2BrH/c1-31-12-8-19(9-13-31)34-22-21(36-4)23(35-20-10-14-32(2)15-11-20)30-24(29-22)33(3)18-7-5-6-17(16-18)25(26,27)28;;/h5-7,16,19-20H,8-15H2,1-4H3;2*1H. The molecule has 0 radical (unpaired) electrons. The maximum atomic E-state index is 13.3. The van der Waals surface area contributed by atoms with Crippen LogP contribution in [0, 0.1) is 0 Å². The summed E-state index contributed by atoms with van der Waals surface area (Å²) in [6.07, 6.45) is 0.991. The Bertz CT molecular complexity index is 991. The summed E-state index contributed by atoms with van der Waals surface area (Å²) in [5, 5.41) is 0. The van der Waals surface area contributed by atoms with Crippen molar-refractivity contribution in [2.75, 3.05) is 58.5 Å². The van der Waals surface area contributed by atoms with Crippen molar-refractivity contribution in [2.45, 2.75) is 49.0 Å². The Morgan fingerprint density at radius 2 is 1.37 bits per heavy atom. The van der Waals surface area contributed by atoms with E-state index >= 15 is 0 Å². The lowest BCUT2D eigenvalue weighted by molar-refractivity contribution is -0.137. The number of ether oxygens (including phenoxy) is 2. The molecule has 3 heterocycles. The molecule has 4 rings (SSSR count). The minimum atomic E-state index is -4.44. The summed E-state index contributed by atoms with van der Waals surface area (Å²) < 4.78 is 52.8. The number of alkyl halides is 3. The van der Waals surface area contributed by atoms with Gasteiger partial charge in [-0.1, -0.05) is 6.07 Å². The van der Waals surface area contributed by atoms with Gasteiger partial charge in [0.1, 0.15) is 17.1 Å². The largest absolute Gasteiger partial charge is 0.473 e. The molecule has 7 nitrogen and oxygen atoms in total. The number of anilines is 2. The van der Waals surface area contributed by atoms with Gasteiger partial charge < -0.3 is 24.2 Å². The highest BCUT2D eigenvalue weighted by Gasteiger charge is 2.31. The molecule has 2 saturated heterocycles. The molecule has 1 aromatic heterocycles. The number of hydrogen-bond donors (Lipinski definition) is 0. The Morgan fingerprint density at radius 1 is 0.895 bits per heavy atom. The van der Waals surface area contributed by atoms with Gasteiger partial charge >= 0.3 is 6.18 Å². The van der Waals surface area contributed by atoms with Crippen LogP contribution < -0.4 is 14.4 Å². The van der Waals surface area contributed by atoms with Gasteiger partial charge in [-0.05, 0) is 64.2 Å². The highest BCUT2D eigenvalue weighted by Crippen LogP contribution is 2.39. The van der Waals surface area contributed by atoms with E-state index in [0.717, 1.165) is 64.0 Å². The van der Waals surface area contributed by atoms with Gasteiger partial charge in [0.15, 0.2) is 0 Å². The molecule has 0 aliphatic carbocycles. The molecule has 2 aliphatic heterocycles. The molecule has 0 saturated carbocycles. The van der Waals surface area contributed by atoms with E-state index in [4.69, 9.17) is 9.47 Å². The predicted octanol–water partition coefficient (Wildman–Crippen LogP) is 6.09. The van der Waals surface area contributed by atoms with Crippen LogP contribution in [-0.2, 0) is 6.18 Å². The lowest BCUT2D eigenvalue weighted by Crippen LogP contribution is -2.36. The lowest BCUT2D eigenvalue weighted by Gasteiger charge is -2.31. The lowest BCUT2D eigenvalue weighted by atomic mass is 10.1. The van der Waals surface area contributed by atoms with Gasteiger partial charge in [0.05, 0.1) is 5.56 Å². The molecule has 0 spiro atoms. The van der Waals surface area contributed by atoms with E-state index in [1.54, 1.807) is 18.0 Å². The Labute approximate surface area is 248 Å². The third kappa shape index (κ3) is 8.36. The van der Waals surface area contributed by atoms with Gasteiger partial charge in [-0.2, -0.15) is 23.1 Å². The van der Waals surface area contributed by atoms with Crippen LogP contribution in [0.2, 0.25) is 0 Å². The zero-order valence-corrected chi connectivity index (χ0v) is 26.3. The van der Waals surface area contributed by atoms with Gasteiger partial charge in [0, 0.05) is 38.9 Å². The summed E-state index contributed by atoms with van der Waals surface area (Å²) in [4.78, 5) is 16.1. The maximum Gasteiger partial charge on any atom is 0.416 e. The second kappa shape index (κ2) is 14.4. The molecule has 13 heteroatoms. The fourth-order valence-electron chi connectivity index (χ4n) is 4.41. The molecule has 2 aromatic rings. The summed E-state index contributed by atoms with van der Waals surface area (Å²) in [6.45, 7) is 3.72. The van der Waals surface area contributed by atoms with E-state index in [2.05, 4.69) is 33.9 Å². The molecule has 0 atom stereocenters. The third-order valence-corrected chi connectivity index (χ3v) is 7.50. The first-order valence-electron chi connectivity index (χ1n) is 12.2. The highest BCUT2D eigenvalue weighted by molar-refractivity contribution is 8.93. The van der Waals surface area contributed by atoms with Crippen molar-refractivity contribution in [3.63, 3.8) is 0 Å². The van der Waals surface area contributed by atoms with Crippen molar-refractivity contribution in [2.24, 2.45) is 0 Å². The first kappa shape index (κ1) is 32.9. The molecule has 2 fully saturated rings. The quantitative estimate of drug-likeness (QED) is 0.325. The fraction of sp³-hybridized carbons (Fsp3) is 0.600. The molecular formula is C25H36Br2F3N5O2S. The van der Waals surface area contributed by atoms with Crippen molar-refractivity contribution in [1.82, 2.24) is 19.8 Å². The molecule has 0 unspecified atom stereocenters. The molecular weight excluding hydrogens is 651 g/mol. The summed E-state index contributed by atoms with van der Waals surface area (Å²) in [5.74, 6) is 1.07. The summed E-state index contributed by atoms with van der Waals surface area (Å²) in [7, 11) is 5.83. The van der Waals surface area contributed by atoms with Crippen molar-refractivity contribution in [3.8, 4) is 11.8 Å². The van der Waals surface area contributed by atoms with Crippen LogP contribution in [0.3, 0.4) is 0 Å². The Balaban J connectivity index is 0.00000253. The summed E-state index contributed by atoms with van der Waals surface area (Å²) >= 11 is 1.46. The van der Waals surface area contributed by atoms with Crippen molar-refractivity contribution in [3.05, 3.63) is 29.8 Å². The number of aromatic nitrogens is 2. The number of thioether (sulfide) groups is 1. The minimum Gasteiger partial charge on any atom is -0.473 e. The fourth-order valence-corrected chi connectivity index (χ4v) is 4.95. The van der Waals surface area contributed by atoms with Crippen LogP contribution in [0.1, 0.15) is 31.2 Å². The third-order valence-electron chi connectivity index (χ3n) is 6.74. The highest BCUT2D eigenvalue weighted by atomic mass is 79.9. The van der Waals surface area contributed by atoms with E-state index in [-0.39, 0.29) is 52.1 Å². The molecule has 0 bridgehead atoms. The summed E-state index contributed by atoms with van der Waals surface area (Å²) in [6, 6.07) is 5.14. The van der Waals surface area contributed by atoms with Crippen LogP contribution in [0.15, 0.2) is 29.2 Å². The van der Waals surface area contributed by atoms with Gasteiger partial charge in [-0.25, -0.2) is 0 Å². The number of benzene rings is 1. The van der Waals surface area contributed by atoms with Gasteiger partial charge in [0.2, 0.25) is 17.7 Å². The Kier molecular flexibility index (Phi) is 12.5. The molecule has 2 aliphatic rings. The first-order chi connectivity index (χ1) is 17.1. The zero-order valence-electron chi connectivity index (χ0n) is 22.0. The zero-order chi connectivity index (χ0) is 25.9. The van der Waals surface area contributed by atoms with Gasteiger partial charge in [-0.3, -0.25) is 0 Å². The van der Waals surface area contributed by atoms with Crippen LogP contribution in [0.25, 0.3) is 0 Å². The van der Waals surface area contributed by atoms with E-state index < -0.39 is 11.7 Å². The molecule has 38 heavy (non-hydrogen) atoms. The predicted molar refractivity (Wildman–Crippen MR) is 156 cm³/mol. The van der Waals surface area contributed by atoms with Crippen molar-refractivity contribution >= 4 is 57.4 Å². The average Bonchev–Trinajstić information content (AvgIpc) is 2.86. The second-order valence-corrected chi connectivity index (χ2v) is 10.3. The number of nitrogens with zero attached hydrogens (tertiary/aromatic N) is 5. The number of rotatable bonds is 7. The van der Waals surface area contributed by atoms with Crippen LogP contribution in [0.5, 0.6) is 11.8 Å².